The maximum Gasteiger partial charge on any atom is 0.331 e. The number of amides is 1. The van der Waals surface area contributed by atoms with Crippen molar-refractivity contribution in [2.75, 3.05) is 5.32 Å². The number of ether oxygens (including phenoxy) is 1. The summed E-state index contributed by atoms with van der Waals surface area (Å²) in [6.07, 6.45) is 2.01. The highest BCUT2D eigenvalue weighted by molar-refractivity contribution is 6.01. The second-order valence-electron chi connectivity index (χ2n) is 7.47. The molecule has 0 aliphatic heterocycles. The van der Waals surface area contributed by atoms with Gasteiger partial charge >= 0.3 is 5.97 Å². The highest BCUT2D eigenvalue weighted by atomic mass is 16.5. The van der Waals surface area contributed by atoms with Gasteiger partial charge in [-0.2, -0.15) is 0 Å². The number of hydrogen-bond donors (Lipinski definition) is 1. The predicted octanol–water partition coefficient (Wildman–Crippen LogP) is 4.50. The third-order valence-electron chi connectivity index (χ3n) is 3.98. The highest BCUT2D eigenvalue weighted by Crippen LogP contribution is 2.18. The Morgan fingerprint density at radius 2 is 1.57 bits per heavy atom. The van der Waals surface area contributed by atoms with E-state index in [9.17, 15) is 14.4 Å². The van der Waals surface area contributed by atoms with Gasteiger partial charge in [0.2, 0.25) is 11.7 Å². The zero-order valence-electron chi connectivity index (χ0n) is 16.6. The quantitative estimate of drug-likeness (QED) is 0.456. The molecule has 1 N–H and O–H groups in total. The molecular formula is C23H25NO4. The van der Waals surface area contributed by atoms with Gasteiger partial charge in [0.15, 0.2) is 6.10 Å². The molecule has 28 heavy (non-hydrogen) atoms. The van der Waals surface area contributed by atoms with E-state index in [4.69, 9.17) is 4.74 Å². The van der Waals surface area contributed by atoms with Crippen molar-refractivity contribution in [3.63, 3.8) is 0 Å². The molecule has 0 aliphatic rings. The van der Waals surface area contributed by atoms with Gasteiger partial charge in [-0.05, 0) is 42.8 Å². The molecule has 0 unspecified atom stereocenters. The Morgan fingerprint density at radius 3 is 2.14 bits per heavy atom. The van der Waals surface area contributed by atoms with Crippen LogP contribution in [-0.4, -0.2) is 23.8 Å². The van der Waals surface area contributed by atoms with Crippen LogP contribution in [0.3, 0.4) is 0 Å². The largest absolute Gasteiger partial charge is 0.451 e. The lowest BCUT2D eigenvalue weighted by Gasteiger charge is -2.18. The van der Waals surface area contributed by atoms with Crippen LogP contribution >= 0.6 is 0 Å². The van der Waals surface area contributed by atoms with Crippen LogP contribution in [0.2, 0.25) is 0 Å². The van der Waals surface area contributed by atoms with Gasteiger partial charge in [-0.1, -0.05) is 51.1 Å². The summed E-state index contributed by atoms with van der Waals surface area (Å²) in [6, 6.07) is 15.8. The molecule has 0 saturated carbocycles. The van der Waals surface area contributed by atoms with Crippen molar-refractivity contribution in [3.8, 4) is 0 Å². The molecule has 0 radical (unpaired) electrons. The fourth-order valence-electron chi connectivity index (χ4n) is 2.27. The smallest absolute Gasteiger partial charge is 0.331 e. The number of ketones is 1. The first-order valence-corrected chi connectivity index (χ1v) is 9.06. The Bertz CT molecular complexity index is 862. The lowest BCUT2D eigenvalue weighted by molar-refractivity contribution is -0.140. The number of anilines is 1. The number of esters is 1. The van der Waals surface area contributed by atoms with Crippen LogP contribution in [0.15, 0.2) is 60.7 Å². The third kappa shape index (κ3) is 6.20. The van der Waals surface area contributed by atoms with Crippen molar-refractivity contribution in [2.24, 2.45) is 5.41 Å². The van der Waals surface area contributed by atoms with Gasteiger partial charge in [0, 0.05) is 22.7 Å². The Balaban J connectivity index is 1.94. The summed E-state index contributed by atoms with van der Waals surface area (Å²) in [6.45, 7) is 7.00. The van der Waals surface area contributed by atoms with E-state index in [2.05, 4.69) is 5.32 Å². The lowest BCUT2D eigenvalue weighted by atomic mass is 9.95. The molecule has 0 saturated heterocycles. The summed E-state index contributed by atoms with van der Waals surface area (Å²) < 4.78 is 5.18. The summed E-state index contributed by atoms with van der Waals surface area (Å²) in [5.41, 5.74) is 1.36. The molecule has 5 heteroatoms. The van der Waals surface area contributed by atoms with Crippen LogP contribution in [0.1, 0.15) is 43.6 Å². The molecule has 0 spiro atoms. The van der Waals surface area contributed by atoms with E-state index in [-0.39, 0.29) is 11.7 Å². The molecule has 0 heterocycles. The van der Waals surface area contributed by atoms with Crippen LogP contribution < -0.4 is 5.32 Å². The maximum absolute atomic E-state index is 12.5. The molecule has 0 bridgehead atoms. The summed E-state index contributed by atoms with van der Waals surface area (Å²) in [5.74, 6) is -1.01. The van der Waals surface area contributed by atoms with Crippen molar-refractivity contribution < 1.29 is 19.1 Å². The van der Waals surface area contributed by atoms with E-state index < -0.39 is 17.5 Å². The second kappa shape index (κ2) is 9.13. The van der Waals surface area contributed by atoms with Crippen molar-refractivity contribution in [3.05, 3.63) is 71.8 Å². The number of rotatable bonds is 6. The van der Waals surface area contributed by atoms with Gasteiger partial charge in [0.05, 0.1) is 0 Å². The van der Waals surface area contributed by atoms with Gasteiger partial charge in [-0.25, -0.2) is 4.79 Å². The average molecular weight is 379 g/mol. The van der Waals surface area contributed by atoms with Gasteiger partial charge in [0.25, 0.3) is 0 Å². The van der Waals surface area contributed by atoms with Gasteiger partial charge in [-0.15, -0.1) is 0 Å². The minimum absolute atomic E-state index is 0.112. The Morgan fingerprint density at radius 1 is 0.964 bits per heavy atom. The normalized spacial score (nSPS) is 12.4. The van der Waals surface area contributed by atoms with Crippen molar-refractivity contribution >= 4 is 29.4 Å². The van der Waals surface area contributed by atoms with E-state index in [1.165, 1.54) is 13.0 Å². The fourth-order valence-corrected chi connectivity index (χ4v) is 2.27. The van der Waals surface area contributed by atoms with Crippen LogP contribution in [0, 0.1) is 5.41 Å². The number of Topliss-reactive ketones (excluding diaryl/α,β-unsaturated/α-hetero) is 1. The Hall–Kier alpha value is -3.21. The van der Waals surface area contributed by atoms with Crippen LogP contribution in [-0.2, 0) is 14.3 Å². The maximum atomic E-state index is 12.5. The van der Waals surface area contributed by atoms with Crippen LogP contribution in [0.4, 0.5) is 5.69 Å². The second-order valence-corrected chi connectivity index (χ2v) is 7.47. The van der Waals surface area contributed by atoms with Gasteiger partial charge in [-0.3, -0.25) is 9.59 Å². The van der Waals surface area contributed by atoms with E-state index in [0.717, 1.165) is 5.56 Å². The molecule has 0 aliphatic carbocycles. The number of hydrogen-bond acceptors (Lipinski definition) is 4. The zero-order chi connectivity index (χ0) is 20.7. The molecule has 2 rings (SSSR count). The minimum atomic E-state index is -0.914. The van der Waals surface area contributed by atoms with Crippen LogP contribution in [0.25, 0.3) is 6.08 Å². The van der Waals surface area contributed by atoms with E-state index in [0.29, 0.717) is 11.3 Å². The van der Waals surface area contributed by atoms with E-state index >= 15 is 0 Å². The molecule has 5 nitrogen and oxygen atoms in total. The molecule has 146 valence electrons. The van der Waals surface area contributed by atoms with Crippen molar-refractivity contribution in [1.29, 1.82) is 0 Å². The number of benzene rings is 2. The standard InChI is InChI=1S/C23H25NO4/c1-16(28-20(25)15-10-17-8-6-5-7-9-17)21(26)18-11-13-19(14-12-18)24-22(27)23(2,3)4/h5-16H,1-4H3,(H,24,27)/b15-10+/t16-/m0/s1. The Labute approximate surface area is 165 Å². The first-order valence-electron chi connectivity index (χ1n) is 9.06. The summed E-state index contributed by atoms with van der Waals surface area (Å²) in [7, 11) is 0. The van der Waals surface area contributed by atoms with E-state index in [1.54, 1.807) is 30.3 Å². The third-order valence-corrected chi connectivity index (χ3v) is 3.98. The summed E-state index contributed by atoms with van der Waals surface area (Å²) in [5, 5.41) is 2.80. The highest BCUT2D eigenvalue weighted by Gasteiger charge is 2.22. The van der Waals surface area contributed by atoms with Crippen molar-refractivity contribution in [1.82, 2.24) is 0 Å². The predicted molar refractivity (Wildman–Crippen MR) is 110 cm³/mol. The molecule has 1 amide bonds. The molecule has 0 fully saturated rings. The Kier molecular flexibility index (Phi) is 6.88. The summed E-state index contributed by atoms with van der Waals surface area (Å²) >= 11 is 0. The number of carbonyl (C=O) groups is 3. The summed E-state index contributed by atoms with van der Waals surface area (Å²) in [4.78, 5) is 36.4. The van der Waals surface area contributed by atoms with Crippen molar-refractivity contribution in [2.45, 2.75) is 33.8 Å². The molecule has 1 atom stereocenters. The first-order chi connectivity index (χ1) is 13.2. The van der Waals surface area contributed by atoms with Crippen LogP contribution in [0.5, 0.6) is 0 Å². The van der Waals surface area contributed by atoms with Gasteiger partial charge in [0.1, 0.15) is 0 Å². The van der Waals surface area contributed by atoms with E-state index in [1.807, 2.05) is 51.1 Å². The number of carbonyl (C=O) groups excluding carboxylic acids is 3. The lowest BCUT2D eigenvalue weighted by Crippen LogP contribution is -2.27. The van der Waals surface area contributed by atoms with Gasteiger partial charge < -0.3 is 10.1 Å². The fraction of sp³-hybridized carbons (Fsp3) is 0.261. The topological polar surface area (TPSA) is 72.5 Å². The SMILES string of the molecule is C[C@H](OC(=O)/C=C/c1ccccc1)C(=O)c1ccc(NC(=O)C(C)(C)C)cc1. The molecule has 2 aromatic carbocycles. The number of nitrogens with one attached hydrogen (secondary N) is 1. The molecule has 0 aromatic heterocycles. The zero-order valence-corrected chi connectivity index (χ0v) is 16.6. The molecule has 2 aromatic rings. The minimum Gasteiger partial charge on any atom is -0.451 e. The first kappa shape index (κ1) is 21.1. The average Bonchev–Trinajstić information content (AvgIpc) is 2.66. The monoisotopic (exact) mass is 379 g/mol. The molecular weight excluding hydrogens is 354 g/mol.